The fourth-order valence-corrected chi connectivity index (χ4v) is 3.48. The van der Waals surface area contributed by atoms with Crippen molar-refractivity contribution >= 4 is 11.8 Å². The first-order chi connectivity index (χ1) is 13.6. The standard InChI is InChI=1S/C18H22FN5O3S/c1-12-6-7-13(11-14(12)19)16-20-15(27-23-16)5-3-10-28-18-22-21-17(25)24(18)8-4-9-26-2/h6-7,11H,3-5,8-10H2,1-2H3,(H,21,25). The second-order valence-electron chi connectivity index (χ2n) is 6.24. The number of nitrogens with one attached hydrogen (secondary N) is 1. The first-order valence-corrected chi connectivity index (χ1v) is 9.93. The zero-order valence-electron chi connectivity index (χ0n) is 15.8. The van der Waals surface area contributed by atoms with Gasteiger partial charge in [0.05, 0.1) is 0 Å². The Bertz CT molecular complexity index is 968. The Morgan fingerprint density at radius 3 is 3.00 bits per heavy atom. The van der Waals surface area contributed by atoms with Crippen LogP contribution < -0.4 is 5.69 Å². The van der Waals surface area contributed by atoms with Crippen molar-refractivity contribution in [3.8, 4) is 11.4 Å². The van der Waals surface area contributed by atoms with Gasteiger partial charge in [-0.3, -0.25) is 4.57 Å². The lowest BCUT2D eigenvalue weighted by atomic mass is 10.1. The first kappa shape index (κ1) is 20.3. The van der Waals surface area contributed by atoms with Gasteiger partial charge in [0.15, 0.2) is 5.16 Å². The van der Waals surface area contributed by atoms with E-state index in [-0.39, 0.29) is 11.5 Å². The second kappa shape index (κ2) is 9.65. The number of aromatic nitrogens is 5. The summed E-state index contributed by atoms with van der Waals surface area (Å²) in [6.07, 6.45) is 2.11. The number of benzene rings is 1. The topological polar surface area (TPSA) is 98.8 Å². The highest BCUT2D eigenvalue weighted by molar-refractivity contribution is 7.99. The molecule has 2 aromatic heterocycles. The average molecular weight is 407 g/mol. The number of hydrogen-bond acceptors (Lipinski definition) is 7. The molecule has 0 bridgehead atoms. The maximum atomic E-state index is 13.7. The molecule has 0 saturated carbocycles. The number of aromatic amines is 1. The summed E-state index contributed by atoms with van der Waals surface area (Å²) in [5.41, 5.74) is 0.943. The molecule has 2 heterocycles. The third kappa shape index (κ3) is 5.08. The maximum Gasteiger partial charge on any atom is 0.343 e. The number of aryl methyl sites for hydroxylation is 2. The summed E-state index contributed by atoms with van der Waals surface area (Å²) >= 11 is 1.49. The lowest BCUT2D eigenvalue weighted by Crippen LogP contribution is -2.18. The van der Waals surface area contributed by atoms with Gasteiger partial charge < -0.3 is 9.26 Å². The summed E-state index contributed by atoms with van der Waals surface area (Å²) in [6, 6.07) is 4.86. The van der Waals surface area contributed by atoms with Crippen molar-refractivity contribution in [2.45, 2.75) is 37.9 Å². The Balaban J connectivity index is 1.50. The molecule has 3 rings (SSSR count). The fraction of sp³-hybridized carbons (Fsp3) is 0.444. The third-order valence-corrected chi connectivity index (χ3v) is 5.18. The van der Waals surface area contributed by atoms with Crippen LogP contribution in [0, 0.1) is 12.7 Å². The number of hydrogen-bond donors (Lipinski definition) is 1. The van der Waals surface area contributed by atoms with Gasteiger partial charge >= 0.3 is 5.69 Å². The largest absolute Gasteiger partial charge is 0.385 e. The smallest absolute Gasteiger partial charge is 0.343 e. The molecule has 3 aromatic rings. The van der Waals surface area contributed by atoms with Gasteiger partial charge in [0.25, 0.3) is 0 Å². The summed E-state index contributed by atoms with van der Waals surface area (Å²) in [5.74, 6) is 1.32. The van der Waals surface area contributed by atoms with Crippen molar-refractivity contribution < 1.29 is 13.7 Å². The predicted molar refractivity (Wildman–Crippen MR) is 103 cm³/mol. The Kier molecular flexibility index (Phi) is 6.99. The molecule has 150 valence electrons. The molecule has 0 spiro atoms. The van der Waals surface area contributed by atoms with Crippen molar-refractivity contribution in [2.24, 2.45) is 0 Å². The minimum absolute atomic E-state index is 0.217. The van der Waals surface area contributed by atoms with Crippen molar-refractivity contribution in [1.82, 2.24) is 24.9 Å². The number of nitrogens with zero attached hydrogens (tertiary/aromatic N) is 4. The van der Waals surface area contributed by atoms with Crippen LogP contribution in [0.15, 0.2) is 32.7 Å². The van der Waals surface area contributed by atoms with Crippen LogP contribution >= 0.6 is 11.8 Å². The predicted octanol–water partition coefficient (Wildman–Crippen LogP) is 2.83. The summed E-state index contributed by atoms with van der Waals surface area (Å²) < 4.78 is 25.6. The van der Waals surface area contributed by atoms with Gasteiger partial charge in [-0.05, 0) is 31.4 Å². The van der Waals surface area contributed by atoms with Gasteiger partial charge in [0.2, 0.25) is 11.7 Å². The van der Waals surface area contributed by atoms with Gasteiger partial charge in [0, 0.05) is 38.0 Å². The van der Waals surface area contributed by atoms with Gasteiger partial charge in [-0.25, -0.2) is 14.3 Å². The molecule has 0 unspecified atom stereocenters. The monoisotopic (exact) mass is 407 g/mol. The highest BCUT2D eigenvalue weighted by Crippen LogP contribution is 2.20. The molecule has 0 atom stereocenters. The number of rotatable bonds is 10. The molecule has 10 heteroatoms. The molecule has 1 aromatic carbocycles. The van der Waals surface area contributed by atoms with Crippen molar-refractivity contribution in [3.63, 3.8) is 0 Å². The molecule has 0 aliphatic rings. The van der Waals surface area contributed by atoms with Gasteiger partial charge in [-0.2, -0.15) is 4.98 Å². The van der Waals surface area contributed by atoms with E-state index < -0.39 is 0 Å². The van der Waals surface area contributed by atoms with Gasteiger partial charge in [-0.1, -0.05) is 29.1 Å². The Morgan fingerprint density at radius 2 is 2.21 bits per heavy atom. The van der Waals surface area contributed by atoms with E-state index in [1.807, 2.05) is 0 Å². The molecule has 0 aliphatic heterocycles. The first-order valence-electron chi connectivity index (χ1n) is 8.94. The molecule has 1 N–H and O–H groups in total. The molecule has 8 nitrogen and oxygen atoms in total. The SMILES string of the molecule is COCCCn1c(SCCCc2nc(-c3ccc(C)c(F)c3)no2)n[nH]c1=O. The Labute approximate surface area is 165 Å². The van der Waals surface area contributed by atoms with E-state index in [4.69, 9.17) is 9.26 Å². The van der Waals surface area contributed by atoms with Crippen LogP contribution in [-0.2, 0) is 17.7 Å². The third-order valence-electron chi connectivity index (χ3n) is 4.12. The van der Waals surface area contributed by atoms with E-state index in [1.54, 1.807) is 30.7 Å². The van der Waals surface area contributed by atoms with E-state index in [0.717, 1.165) is 18.6 Å². The maximum absolute atomic E-state index is 13.7. The van der Waals surface area contributed by atoms with E-state index >= 15 is 0 Å². The van der Waals surface area contributed by atoms with Crippen LogP contribution in [0.4, 0.5) is 4.39 Å². The highest BCUT2D eigenvalue weighted by atomic mass is 32.2. The summed E-state index contributed by atoms with van der Waals surface area (Å²) in [5, 5.41) is 11.1. The average Bonchev–Trinajstić information content (AvgIpc) is 3.29. The number of halogens is 1. The molecular weight excluding hydrogens is 385 g/mol. The quantitative estimate of drug-likeness (QED) is 0.407. The van der Waals surface area contributed by atoms with E-state index in [0.29, 0.717) is 47.6 Å². The summed E-state index contributed by atoms with van der Waals surface area (Å²) in [4.78, 5) is 16.1. The number of thioether (sulfide) groups is 1. The van der Waals surface area contributed by atoms with Crippen LogP contribution in [0.1, 0.15) is 24.3 Å². The lowest BCUT2D eigenvalue weighted by Gasteiger charge is -2.04. The zero-order chi connectivity index (χ0) is 19.9. The number of H-pyrrole nitrogens is 1. The summed E-state index contributed by atoms with van der Waals surface area (Å²) in [7, 11) is 1.63. The van der Waals surface area contributed by atoms with Crippen molar-refractivity contribution in [3.05, 3.63) is 46.0 Å². The molecule has 28 heavy (non-hydrogen) atoms. The molecule has 0 fully saturated rings. The minimum atomic E-state index is -0.296. The Hall–Kier alpha value is -2.46. The van der Waals surface area contributed by atoms with Crippen molar-refractivity contribution in [2.75, 3.05) is 19.5 Å². The van der Waals surface area contributed by atoms with E-state index in [1.165, 1.54) is 17.8 Å². The number of methoxy groups -OCH3 is 1. The van der Waals surface area contributed by atoms with Gasteiger partial charge in [-0.15, -0.1) is 5.10 Å². The molecule has 0 saturated heterocycles. The Morgan fingerprint density at radius 1 is 1.36 bits per heavy atom. The van der Waals surface area contributed by atoms with Crippen LogP contribution in [0.25, 0.3) is 11.4 Å². The number of ether oxygens (including phenoxy) is 1. The minimum Gasteiger partial charge on any atom is -0.385 e. The molecule has 0 aliphatic carbocycles. The fourth-order valence-electron chi connectivity index (χ4n) is 2.57. The molecular formula is C18H22FN5O3S. The van der Waals surface area contributed by atoms with Crippen molar-refractivity contribution in [1.29, 1.82) is 0 Å². The second-order valence-corrected chi connectivity index (χ2v) is 7.30. The zero-order valence-corrected chi connectivity index (χ0v) is 16.6. The highest BCUT2D eigenvalue weighted by Gasteiger charge is 2.12. The molecule has 0 amide bonds. The van der Waals surface area contributed by atoms with Crippen LogP contribution in [0.2, 0.25) is 0 Å². The molecule has 0 radical (unpaired) electrons. The van der Waals surface area contributed by atoms with Crippen LogP contribution in [-0.4, -0.2) is 44.4 Å². The van der Waals surface area contributed by atoms with Crippen LogP contribution in [0.3, 0.4) is 0 Å². The van der Waals surface area contributed by atoms with E-state index in [9.17, 15) is 9.18 Å². The normalized spacial score (nSPS) is 11.2. The van der Waals surface area contributed by atoms with E-state index in [2.05, 4.69) is 20.3 Å². The lowest BCUT2D eigenvalue weighted by molar-refractivity contribution is 0.189. The van der Waals surface area contributed by atoms with Gasteiger partial charge in [0.1, 0.15) is 5.82 Å². The van der Waals surface area contributed by atoms with Crippen LogP contribution in [0.5, 0.6) is 0 Å². The summed E-state index contributed by atoms with van der Waals surface area (Å²) in [6.45, 7) is 2.85.